The van der Waals surface area contributed by atoms with E-state index in [1.54, 1.807) is 0 Å². The first-order chi connectivity index (χ1) is 16.4. The number of rotatable bonds is 4. The van der Waals surface area contributed by atoms with Crippen LogP contribution < -0.4 is 10.6 Å². The first-order valence-corrected chi connectivity index (χ1v) is 13.3. The van der Waals surface area contributed by atoms with Crippen molar-refractivity contribution in [3.63, 3.8) is 0 Å². The van der Waals surface area contributed by atoms with Crippen LogP contribution in [0.4, 0.5) is 9.93 Å². The fraction of sp³-hybridized carbons (Fsp3) is 0.538. The molecular formula is C26H28N4O3S. The third-order valence-electron chi connectivity index (χ3n) is 9.06. The zero-order chi connectivity index (χ0) is 23.1. The minimum atomic E-state index is -1.04. The van der Waals surface area contributed by atoms with E-state index < -0.39 is 17.5 Å². The number of fused-ring (bicyclic) bond motifs is 2. The lowest BCUT2D eigenvalue weighted by molar-refractivity contribution is -0.134. The average molecular weight is 477 g/mol. The molecule has 1 aliphatic heterocycles. The predicted octanol–water partition coefficient (Wildman–Crippen LogP) is 3.94. The number of hydrogen-bond acceptors (Lipinski definition) is 5. The summed E-state index contributed by atoms with van der Waals surface area (Å²) < 4.78 is 0. The molecule has 1 aromatic heterocycles. The second kappa shape index (κ2) is 7.13. The van der Waals surface area contributed by atoms with E-state index in [1.807, 2.05) is 24.3 Å². The van der Waals surface area contributed by atoms with Crippen molar-refractivity contribution in [1.82, 2.24) is 15.2 Å². The van der Waals surface area contributed by atoms with Gasteiger partial charge in [-0.2, -0.15) is 0 Å². The van der Waals surface area contributed by atoms with E-state index in [0.29, 0.717) is 11.6 Å². The second-order valence-corrected chi connectivity index (χ2v) is 12.0. The smallest absolute Gasteiger partial charge is 0.319 e. The lowest BCUT2D eigenvalue weighted by atomic mass is 9.49. The number of urea groups is 1. The van der Waals surface area contributed by atoms with Crippen molar-refractivity contribution >= 4 is 34.3 Å². The Labute approximate surface area is 202 Å². The monoisotopic (exact) mass is 476 g/mol. The maximum Gasteiger partial charge on any atom is 0.325 e. The maximum absolute atomic E-state index is 13.3. The number of carbonyl (C=O) groups is 3. The highest BCUT2D eigenvalue weighted by Gasteiger charge is 2.56. The number of nitrogens with one attached hydrogen (secondary N) is 2. The van der Waals surface area contributed by atoms with Gasteiger partial charge in [-0.05, 0) is 80.2 Å². The summed E-state index contributed by atoms with van der Waals surface area (Å²) in [7, 11) is 0. The minimum absolute atomic E-state index is 0.182. The molecule has 8 heteroatoms. The molecule has 4 saturated carbocycles. The molecule has 4 amide bonds. The van der Waals surface area contributed by atoms with Gasteiger partial charge in [-0.3, -0.25) is 14.5 Å². The molecule has 1 atom stereocenters. The number of aryl methyl sites for hydroxylation is 1. The number of benzene rings is 1. The quantitative estimate of drug-likeness (QED) is 0.654. The molecule has 7 nitrogen and oxygen atoms in total. The Hall–Kier alpha value is -2.74. The van der Waals surface area contributed by atoms with Gasteiger partial charge in [0.25, 0.3) is 5.91 Å². The Morgan fingerprint density at radius 2 is 1.82 bits per heavy atom. The molecule has 1 saturated heterocycles. The van der Waals surface area contributed by atoms with E-state index in [4.69, 9.17) is 4.98 Å². The van der Waals surface area contributed by atoms with Crippen molar-refractivity contribution in [3.8, 4) is 0 Å². The van der Waals surface area contributed by atoms with E-state index in [-0.39, 0.29) is 17.9 Å². The summed E-state index contributed by atoms with van der Waals surface area (Å²) in [6, 6.07) is 7.19. The number of imide groups is 1. The van der Waals surface area contributed by atoms with Gasteiger partial charge in [0.15, 0.2) is 5.13 Å². The van der Waals surface area contributed by atoms with Crippen LogP contribution in [0.2, 0.25) is 0 Å². The van der Waals surface area contributed by atoms with Crippen LogP contribution in [0.15, 0.2) is 29.6 Å². The van der Waals surface area contributed by atoms with E-state index in [2.05, 4.69) is 16.0 Å². The van der Waals surface area contributed by atoms with Gasteiger partial charge >= 0.3 is 6.03 Å². The lowest BCUT2D eigenvalue weighted by Gasteiger charge is -2.56. The van der Waals surface area contributed by atoms with Crippen LogP contribution in [0, 0.1) is 17.8 Å². The lowest BCUT2D eigenvalue weighted by Crippen LogP contribution is -2.48. The van der Waals surface area contributed by atoms with Gasteiger partial charge in [-0.15, -0.1) is 11.3 Å². The number of nitrogens with zero attached hydrogens (tertiary/aromatic N) is 2. The third kappa shape index (κ3) is 2.93. The normalized spacial score (nSPS) is 35.2. The number of amides is 4. The van der Waals surface area contributed by atoms with Gasteiger partial charge in [-0.1, -0.05) is 24.3 Å². The topological polar surface area (TPSA) is 91.4 Å². The fourth-order valence-corrected chi connectivity index (χ4v) is 8.88. The molecule has 2 aromatic rings. The summed E-state index contributed by atoms with van der Waals surface area (Å²) in [6.07, 6.45) is 9.07. The Kier molecular flexibility index (Phi) is 4.33. The van der Waals surface area contributed by atoms with Gasteiger partial charge in [0.1, 0.15) is 12.1 Å². The molecule has 5 fully saturated rings. The van der Waals surface area contributed by atoms with Crippen LogP contribution in [0.25, 0.3) is 0 Å². The second-order valence-electron chi connectivity index (χ2n) is 11.2. The van der Waals surface area contributed by atoms with Crippen molar-refractivity contribution in [3.05, 3.63) is 46.5 Å². The zero-order valence-corrected chi connectivity index (χ0v) is 19.8. The molecule has 2 heterocycles. The predicted molar refractivity (Wildman–Crippen MR) is 127 cm³/mol. The number of aromatic nitrogens is 1. The molecule has 176 valence electrons. The van der Waals surface area contributed by atoms with Crippen molar-refractivity contribution < 1.29 is 14.4 Å². The molecule has 2 N–H and O–H groups in total. The maximum atomic E-state index is 13.3. The number of anilines is 1. The molecular weight excluding hydrogens is 448 g/mol. The first kappa shape index (κ1) is 20.6. The van der Waals surface area contributed by atoms with Crippen LogP contribution in [0.5, 0.6) is 0 Å². The fourth-order valence-electron chi connectivity index (χ4n) is 8.03. The van der Waals surface area contributed by atoms with Crippen molar-refractivity contribution in [2.24, 2.45) is 17.8 Å². The molecule has 0 radical (unpaired) electrons. The molecule has 1 unspecified atom stereocenters. The Morgan fingerprint density at radius 3 is 2.56 bits per heavy atom. The Morgan fingerprint density at radius 1 is 1.12 bits per heavy atom. The van der Waals surface area contributed by atoms with Crippen LogP contribution in [0.3, 0.4) is 0 Å². The molecule has 1 aromatic carbocycles. The van der Waals surface area contributed by atoms with Gasteiger partial charge in [0, 0.05) is 10.8 Å². The van der Waals surface area contributed by atoms with E-state index in [9.17, 15) is 14.4 Å². The van der Waals surface area contributed by atoms with E-state index >= 15 is 0 Å². The summed E-state index contributed by atoms with van der Waals surface area (Å²) in [5.41, 5.74) is 2.18. The number of thiazole rings is 1. The highest BCUT2D eigenvalue weighted by Crippen LogP contribution is 2.60. The SMILES string of the molecule is O=C(CN1C(=O)NC2(CCc3ccccc32)C1=O)Nc1nc(C23CC4CC(CC(C4)C2)C3)cs1. The van der Waals surface area contributed by atoms with Gasteiger partial charge in [0.05, 0.1) is 5.69 Å². The van der Waals surface area contributed by atoms with E-state index in [0.717, 1.165) is 45.9 Å². The summed E-state index contributed by atoms with van der Waals surface area (Å²) in [5.74, 6) is 1.76. The summed E-state index contributed by atoms with van der Waals surface area (Å²) in [5, 5.41) is 8.40. The molecule has 8 rings (SSSR count). The van der Waals surface area contributed by atoms with Crippen molar-refractivity contribution in [1.29, 1.82) is 0 Å². The summed E-state index contributed by atoms with van der Waals surface area (Å²) >= 11 is 1.45. The standard InChI is InChI=1S/C26H28N4O3S/c31-21(13-30-22(32)26(29-24(30)33)6-5-18-3-1-2-4-19(18)26)28-23-27-20(14-34-23)25-10-15-7-16(11-25)9-17(8-15)12-25/h1-4,14-17H,5-13H2,(H,29,33)(H,27,28,31). The molecule has 5 aliphatic carbocycles. The first-order valence-electron chi connectivity index (χ1n) is 12.4. The summed E-state index contributed by atoms with van der Waals surface area (Å²) in [6.45, 7) is -0.305. The number of carbonyl (C=O) groups excluding carboxylic acids is 3. The van der Waals surface area contributed by atoms with Gasteiger partial charge < -0.3 is 10.6 Å². The van der Waals surface area contributed by atoms with Gasteiger partial charge in [-0.25, -0.2) is 9.78 Å². The van der Waals surface area contributed by atoms with Crippen molar-refractivity contribution in [2.45, 2.75) is 62.3 Å². The molecule has 4 bridgehead atoms. The van der Waals surface area contributed by atoms with Crippen LogP contribution >= 0.6 is 11.3 Å². The highest BCUT2D eigenvalue weighted by molar-refractivity contribution is 7.14. The van der Waals surface area contributed by atoms with Crippen LogP contribution in [-0.2, 0) is 27.0 Å². The van der Waals surface area contributed by atoms with E-state index in [1.165, 1.54) is 49.9 Å². The van der Waals surface area contributed by atoms with Crippen LogP contribution in [-0.4, -0.2) is 34.3 Å². The zero-order valence-electron chi connectivity index (χ0n) is 19.0. The van der Waals surface area contributed by atoms with Crippen molar-refractivity contribution in [2.75, 3.05) is 11.9 Å². The van der Waals surface area contributed by atoms with Gasteiger partial charge in [0.2, 0.25) is 5.91 Å². The third-order valence-corrected chi connectivity index (χ3v) is 9.81. The molecule has 34 heavy (non-hydrogen) atoms. The number of hydrogen-bond donors (Lipinski definition) is 2. The largest absolute Gasteiger partial charge is 0.325 e. The highest BCUT2D eigenvalue weighted by atomic mass is 32.1. The molecule has 1 spiro atoms. The Bertz CT molecular complexity index is 1190. The summed E-state index contributed by atoms with van der Waals surface area (Å²) in [4.78, 5) is 44.7. The Balaban J connectivity index is 1.06. The van der Waals surface area contributed by atoms with Crippen LogP contribution in [0.1, 0.15) is 61.8 Å². The average Bonchev–Trinajstić information content (AvgIpc) is 3.48. The molecule has 6 aliphatic rings. The minimum Gasteiger partial charge on any atom is -0.319 e.